The van der Waals surface area contributed by atoms with Crippen LogP contribution in [-0.4, -0.2) is 4.98 Å². The van der Waals surface area contributed by atoms with Crippen LogP contribution in [0.3, 0.4) is 0 Å². The maximum absolute atomic E-state index is 4.60. The molecular weight excluding hydrogens is 302 g/mol. The molecule has 0 atom stereocenters. The van der Waals surface area contributed by atoms with Gasteiger partial charge in [0, 0.05) is 11.8 Å². The van der Waals surface area contributed by atoms with Gasteiger partial charge >= 0.3 is 0 Å². The van der Waals surface area contributed by atoms with Gasteiger partial charge in [0.2, 0.25) is 0 Å². The molecule has 1 aromatic heterocycles. The summed E-state index contributed by atoms with van der Waals surface area (Å²) < 4.78 is 0. The molecule has 0 saturated heterocycles. The van der Waals surface area contributed by atoms with Crippen LogP contribution in [0.2, 0.25) is 0 Å². The van der Waals surface area contributed by atoms with Crippen LogP contribution in [-0.2, 0) is 0 Å². The van der Waals surface area contributed by atoms with Crippen molar-refractivity contribution in [1.29, 1.82) is 0 Å². The first kappa shape index (κ1) is 15.3. The van der Waals surface area contributed by atoms with Crippen LogP contribution in [0, 0.1) is 6.92 Å². The summed E-state index contributed by atoms with van der Waals surface area (Å²) >= 11 is 0. The van der Waals surface area contributed by atoms with Crippen molar-refractivity contribution in [2.45, 2.75) is 6.92 Å². The lowest BCUT2D eigenvalue weighted by atomic mass is 9.97. The Labute approximate surface area is 148 Å². The zero-order valence-corrected chi connectivity index (χ0v) is 14.2. The van der Waals surface area contributed by atoms with E-state index in [2.05, 4.69) is 90.8 Å². The van der Waals surface area contributed by atoms with Crippen molar-refractivity contribution in [3.63, 3.8) is 0 Å². The first-order valence-electron chi connectivity index (χ1n) is 8.49. The van der Waals surface area contributed by atoms with Gasteiger partial charge in [-0.25, -0.2) is 0 Å². The normalized spacial score (nSPS) is 10.6. The summed E-state index contributed by atoms with van der Waals surface area (Å²) in [5.74, 6) is 0. The lowest BCUT2D eigenvalue weighted by Gasteiger charge is -2.10. The highest BCUT2D eigenvalue weighted by Gasteiger charge is 2.07. The molecule has 0 unspecified atom stereocenters. The van der Waals surface area contributed by atoms with Gasteiger partial charge in [0.1, 0.15) is 0 Å². The standard InChI is InChI=1S/C24H19N/c1-18-16-21(19-8-4-2-5-9-19)12-13-23(18)24-17-22(14-15-25-24)20-10-6-3-7-11-20/h2-17H,1H3. The van der Waals surface area contributed by atoms with Crippen molar-refractivity contribution < 1.29 is 0 Å². The molecule has 0 amide bonds. The van der Waals surface area contributed by atoms with E-state index in [0.717, 1.165) is 5.69 Å². The summed E-state index contributed by atoms with van der Waals surface area (Å²) in [6, 6.07) is 31.7. The third-order valence-electron chi connectivity index (χ3n) is 4.48. The Hall–Kier alpha value is -3.19. The van der Waals surface area contributed by atoms with Crippen molar-refractivity contribution in [1.82, 2.24) is 4.98 Å². The van der Waals surface area contributed by atoms with Gasteiger partial charge in [-0.3, -0.25) is 4.98 Å². The third-order valence-corrected chi connectivity index (χ3v) is 4.48. The summed E-state index contributed by atoms with van der Waals surface area (Å²) in [4.78, 5) is 4.60. The summed E-state index contributed by atoms with van der Waals surface area (Å²) in [7, 11) is 0. The van der Waals surface area contributed by atoms with Crippen LogP contribution in [0.4, 0.5) is 0 Å². The third kappa shape index (κ3) is 3.22. The molecule has 0 aliphatic heterocycles. The minimum atomic E-state index is 1.01. The molecule has 0 spiro atoms. The summed E-state index contributed by atoms with van der Waals surface area (Å²) in [6.45, 7) is 2.15. The number of pyridine rings is 1. The number of hydrogen-bond donors (Lipinski definition) is 0. The van der Waals surface area contributed by atoms with E-state index in [1.807, 2.05) is 18.3 Å². The molecule has 25 heavy (non-hydrogen) atoms. The molecule has 4 aromatic rings. The SMILES string of the molecule is Cc1cc(-c2ccccc2)ccc1-c1cc(-c2ccccc2)ccn1. The molecule has 0 saturated carbocycles. The highest BCUT2D eigenvalue weighted by atomic mass is 14.7. The Morgan fingerprint density at radius 2 is 1.16 bits per heavy atom. The van der Waals surface area contributed by atoms with Gasteiger partial charge in [-0.2, -0.15) is 0 Å². The number of rotatable bonds is 3. The minimum absolute atomic E-state index is 1.01. The van der Waals surface area contributed by atoms with E-state index in [-0.39, 0.29) is 0 Å². The Kier molecular flexibility index (Phi) is 4.14. The van der Waals surface area contributed by atoms with Crippen LogP contribution in [0.25, 0.3) is 33.5 Å². The Balaban J connectivity index is 1.73. The van der Waals surface area contributed by atoms with Gasteiger partial charge < -0.3 is 0 Å². The topological polar surface area (TPSA) is 12.9 Å². The molecule has 1 nitrogen and oxygen atoms in total. The van der Waals surface area contributed by atoms with E-state index in [4.69, 9.17) is 0 Å². The van der Waals surface area contributed by atoms with Gasteiger partial charge in [0.05, 0.1) is 5.69 Å². The van der Waals surface area contributed by atoms with Crippen molar-refractivity contribution >= 4 is 0 Å². The van der Waals surface area contributed by atoms with Gasteiger partial charge in [0.25, 0.3) is 0 Å². The summed E-state index contributed by atoms with van der Waals surface area (Å²) in [5, 5.41) is 0. The molecule has 0 aliphatic carbocycles. The Bertz CT molecular complexity index is 989. The molecular formula is C24H19N. The molecule has 0 fully saturated rings. The smallest absolute Gasteiger partial charge is 0.0710 e. The molecule has 0 bridgehead atoms. The largest absolute Gasteiger partial charge is 0.256 e. The predicted octanol–water partition coefficient (Wildman–Crippen LogP) is 6.39. The second kappa shape index (κ2) is 6.74. The van der Waals surface area contributed by atoms with Crippen molar-refractivity contribution in [3.8, 4) is 33.5 Å². The number of benzene rings is 3. The average Bonchev–Trinajstić information content (AvgIpc) is 2.69. The molecule has 1 heteroatoms. The van der Waals surface area contributed by atoms with E-state index >= 15 is 0 Å². The average molecular weight is 321 g/mol. The van der Waals surface area contributed by atoms with Crippen LogP contribution in [0.5, 0.6) is 0 Å². The van der Waals surface area contributed by atoms with E-state index in [1.165, 1.54) is 33.4 Å². The second-order valence-corrected chi connectivity index (χ2v) is 6.19. The fraction of sp³-hybridized carbons (Fsp3) is 0.0417. The number of nitrogens with zero attached hydrogens (tertiary/aromatic N) is 1. The predicted molar refractivity (Wildman–Crippen MR) is 105 cm³/mol. The van der Waals surface area contributed by atoms with Crippen molar-refractivity contribution in [2.24, 2.45) is 0 Å². The quantitative estimate of drug-likeness (QED) is 0.426. The van der Waals surface area contributed by atoms with Gasteiger partial charge in [-0.15, -0.1) is 0 Å². The monoisotopic (exact) mass is 321 g/mol. The Morgan fingerprint density at radius 3 is 1.76 bits per heavy atom. The molecule has 0 aliphatic rings. The minimum Gasteiger partial charge on any atom is -0.256 e. The van der Waals surface area contributed by atoms with Gasteiger partial charge in [0.15, 0.2) is 0 Å². The van der Waals surface area contributed by atoms with Gasteiger partial charge in [-0.05, 0) is 46.9 Å². The molecule has 3 aromatic carbocycles. The van der Waals surface area contributed by atoms with E-state index in [9.17, 15) is 0 Å². The van der Waals surface area contributed by atoms with E-state index < -0.39 is 0 Å². The first-order chi connectivity index (χ1) is 12.3. The molecule has 0 radical (unpaired) electrons. The lowest BCUT2D eigenvalue weighted by Crippen LogP contribution is -1.89. The molecule has 4 rings (SSSR count). The number of hydrogen-bond acceptors (Lipinski definition) is 1. The molecule has 1 heterocycles. The van der Waals surface area contributed by atoms with Crippen LogP contribution in [0.15, 0.2) is 97.2 Å². The number of aryl methyl sites for hydroxylation is 1. The fourth-order valence-electron chi connectivity index (χ4n) is 3.15. The van der Waals surface area contributed by atoms with E-state index in [1.54, 1.807) is 0 Å². The number of aromatic nitrogens is 1. The molecule has 0 N–H and O–H groups in total. The zero-order valence-electron chi connectivity index (χ0n) is 14.2. The van der Waals surface area contributed by atoms with Crippen molar-refractivity contribution in [2.75, 3.05) is 0 Å². The van der Waals surface area contributed by atoms with Crippen molar-refractivity contribution in [3.05, 3.63) is 103 Å². The summed E-state index contributed by atoms with van der Waals surface area (Å²) in [5.41, 5.74) is 8.31. The van der Waals surface area contributed by atoms with Crippen LogP contribution >= 0.6 is 0 Å². The fourth-order valence-corrected chi connectivity index (χ4v) is 3.15. The van der Waals surface area contributed by atoms with E-state index in [0.29, 0.717) is 0 Å². The lowest BCUT2D eigenvalue weighted by molar-refractivity contribution is 1.31. The first-order valence-corrected chi connectivity index (χ1v) is 8.49. The second-order valence-electron chi connectivity index (χ2n) is 6.19. The highest BCUT2D eigenvalue weighted by molar-refractivity contribution is 5.75. The Morgan fingerprint density at radius 1 is 0.560 bits per heavy atom. The zero-order chi connectivity index (χ0) is 17.1. The maximum Gasteiger partial charge on any atom is 0.0710 e. The molecule has 120 valence electrons. The summed E-state index contributed by atoms with van der Waals surface area (Å²) in [6.07, 6.45) is 1.89. The van der Waals surface area contributed by atoms with Crippen LogP contribution < -0.4 is 0 Å². The maximum atomic E-state index is 4.60. The van der Waals surface area contributed by atoms with Crippen LogP contribution in [0.1, 0.15) is 5.56 Å². The highest BCUT2D eigenvalue weighted by Crippen LogP contribution is 2.29. The van der Waals surface area contributed by atoms with Gasteiger partial charge in [-0.1, -0.05) is 78.9 Å².